The summed E-state index contributed by atoms with van der Waals surface area (Å²) in [4.78, 5) is 23.4. The van der Waals surface area contributed by atoms with Crippen molar-refractivity contribution in [3.63, 3.8) is 0 Å². The summed E-state index contributed by atoms with van der Waals surface area (Å²) >= 11 is 3.34. The summed E-state index contributed by atoms with van der Waals surface area (Å²) in [5, 5.41) is 7.91. The van der Waals surface area contributed by atoms with E-state index in [1.54, 1.807) is 24.3 Å². The number of ether oxygens (including phenoxy) is 2. The van der Waals surface area contributed by atoms with Crippen molar-refractivity contribution < 1.29 is 19.1 Å². The summed E-state index contributed by atoms with van der Waals surface area (Å²) < 4.78 is 12.6. The van der Waals surface area contributed by atoms with Gasteiger partial charge in [0.1, 0.15) is 0 Å². The lowest BCUT2D eigenvalue weighted by Crippen LogP contribution is -2.37. The Labute approximate surface area is 175 Å². The zero-order valence-corrected chi connectivity index (χ0v) is 17.1. The molecule has 1 atom stereocenters. The molecule has 0 amide bonds. The van der Waals surface area contributed by atoms with Crippen molar-refractivity contribution in [1.82, 2.24) is 15.2 Å². The Morgan fingerprint density at radius 3 is 2.66 bits per heavy atom. The van der Waals surface area contributed by atoms with E-state index in [1.807, 2.05) is 37.3 Å². The lowest BCUT2D eigenvalue weighted by molar-refractivity contribution is -0.186. The highest BCUT2D eigenvalue weighted by Gasteiger charge is 2.40. The van der Waals surface area contributed by atoms with Gasteiger partial charge in [-0.15, -0.1) is 0 Å². The molecule has 9 heteroatoms. The number of rotatable bonds is 7. The third-order valence-corrected chi connectivity index (χ3v) is 4.73. The highest BCUT2D eigenvalue weighted by Crippen LogP contribution is 2.34. The molecule has 1 aliphatic heterocycles. The first kappa shape index (κ1) is 19.3. The van der Waals surface area contributed by atoms with Gasteiger partial charge in [0.2, 0.25) is 5.78 Å². The Hall–Kier alpha value is -3.04. The second-order valence-corrected chi connectivity index (χ2v) is 7.01. The average Bonchev–Trinajstić information content (AvgIpc) is 3.15. The quantitative estimate of drug-likeness (QED) is 0.507. The van der Waals surface area contributed by atoms with Crippen LogP contribution in [0.3, 0.4) is 0 Å². The number of aliphatic imine (C=N–C) groups is 1. The van der Waals surface area contributed by atoms with Crippen LogP contribution in [0.15, 0.2) is 64.1 Å². The number of fused-ring (bicyclic) bond motifs is 1. The Morgan fingerprint density at radius 2 is 1.93 bits per heavy atom. The maximum Gasteiger partial charge on any atom is 0.342 e. The van der Waals surface area contributed by atoms with E-state index in [9.17, 15) is 4.79 Å². The van der Waals surface area contributed by atoms with Crippen molar-refractivity contribution in [2.75, 3.05) is 13.2 Å². The molecule has 2 aromatic carbocycles. The standard InChI is InChI=1S/C20H17BrN4O4/c1-2-27-20(15-6-4-3-5-7-15)22-12-17-19(29-20)23-24-25(17)28-13-18(26)14-8-10-16(21)11-9-14/h3-12H,2,13H2,1H3. The summed E-state index contributed by atoms with van der Waals surface area (Å²) in [6.45, 7) is 2.03. The van der Waals surface area contributed by atoms with Crippen molar-refractivity contribution in [2.45, 2.75) is 12.8 Å². The zero-order valence-electron chi connectivity index (χ0n) is 15.5. The van der Waals surface area contributed by atoms with E-state index in [-0.39, 0.29) is 18.3 Å². The predicted molar refractivity (Wildman–Crippen MR) is 108 cm³/mol. The van der Waals surface area contributed by atoms with Crippen molar-refractivity contribution in [1.29, 1.82) is 0 Å². The van der Waals surface area contributed by atoms with E-state index >= 15 is 0 Å². The Balaban J connectivity index is 1.52. The molecule has 0 N–H and O–H groups in total. The first-order valence-electron chi connectivity index (χ1n) is 8.93. The van der Waals surface area contributed by atoms with Crippen LogP contribution in [0.5, 0.6) is 5.88 Å². The van der Waals surface area contributed by atoms with Gasteiger partial charge >= 0.3 is 5.91 Å². The molecule has 1 aromatic heterocycles. The Morgan fingerprint density at radius 1 is 1.17 bits per heavy atom. The first-order valence-corrected chi connectivity index (χ1v) is 9.72. The lowest BCUT2D eigenvalue weighted by atomic mass is 10.1. The molecule has 0 bridgehead atoms. The number of hydrogen-bond acceptors (Lipinski definition) is 7. The van der Waals surface area contributed by atoms with E-state index in [2.05, 4.69) is 31.2 Å². The maximum absolute atomic E-state index is 12.3. The summed E-state index contributed by atoms with van der Waals surface area (Å²) in [6.07, 6.45) is 1.52. The van der Waals surface area contributed by atoms with Gasteiger partial charge in [-0.05, 0) is 24.3 Å². The van der Waals surface area contributed by atoms with Gasteiger partial charge in [0.05, 0.1) is 12.8 Å². The molecule has 29 heavy (non-hydrogen) atoms. The van der Waals surface area contributed by atoms with Crippen LogP contribution in [0.25, 0.3) is 0 Å². The van der Waals surface area contributed by atoms with E-state index < -0.39 is 5.91 Å². The van der Waals surface area contributed by atoms with Gasteiger partial charge in [0, 0.05) is 15.6 Å². The summed E-state index contributed by atoms with van der Waals surface area (Å²) in [6, 6.07) is 16.4. The van der Waals surface area contributed by atoms with Gasteiger partial charge in [-0.1, -0.05) is 68.3 Å². The van der Waals surface area contributed by atoms with E-state index in [0.29, 0.717) is 17.9 Å². The predicted octanol–water partition coefficient (Wildman–Crippen LogP) is 3.01. The van der Waals surface area contributed by atoms with Crippen LogP contribution in [0.1, 0.15) is 28.5 Å². The fourth-order valence-corrected chi connectivity index (χ4v) is 3.07. The topological polar surface area (TPSA) is 87.8 Å². The van der Waals surface area contributed by atoms with Crippen molar-refractivity contribution in [3.05, 3.63) is 75.9 Å². The van der Waals surface area contributed by atoms with Crippen molar-refractivity contribution in [2.24, 2.45) is 4.99 Å². The van der Waals surface area contributed by atoms with Crippen LogP contribution in [-0.4, -0.2) is 40.4 Å². The Kier molecular flexibility index (Phi) is 5.41. The summed E-state index contributed by atoms with van der Waals surface area (Å²) in [5.41, 5.74) is 1.65. The zero-order chi connectivity index (χ0) is 20.3. The van der Waals surface area contributed by atoms with Gasteiger partial charge in [0.15, 0.2) is 12.3 Å². The van der Waals surface area contributed by atoms with Crippen LogP contribution in [0, 0.1) is 0 Å². The number of ketones is 1. The van der Waals surface area contributed by atoms with Gasteiger partial charge in [-0.2, -0.15) is 0 Å². The Bertz CT molecular complexity index is 1040. The molecule has 0 radical (unpaired) electrons. The van der Waals surface area contributed by atoms with Gasteiger partial charge in [-0.25, -0.2) is 4.99 Å². The average molecular weight is 457 g/mol. The number of halogens is 1. The number of hydrogen-bond donors (Lipinski definition) is 0. The van der Waals surface area contributed by atoms with Gasteiger partial charge in [-0.3, -0.25) is 4.79 Å². The number of nitrogens with zero attached hydrogens (tertiary/aromatic N) is 4. The number of Topliss-reactive ketones (excluding diaryl/α,β-unsaturated/α-hetero) is 1. The highest BCUT2D eigenvalue weighted by atomic mass is 79.9. The highest BCUT2D eigenvalue weighted by molar-refractivity contribution is 9.10. The minimum atomic E-state index is -1.34. The third-order valence-electron chi connectivity index (χ3n) is 4.20. The van der Waals surface area contributed by atoms with Crippen molar-refractivity contribution in [3.8, 4) is 5.88 Å². The normalized spacial score (nSPS) is 17.4. The second kappa shape index (κ2) is 8.14. The van der Waals surface area contributed by atoms with Crippen LogP contribution in [0.4, 0.5) is 0 Å². The molecular formula is C20H17BrN4O4. The molecule has 148 valence electrons. The molecule has 0 fully saturated rings. The lowest BCUT2D eigenvalue weighted by Gasteiger charge is -2.31. The van der Waals surface area contributed by atoms with E-state index in [0.717, 1.165) is 14.9 Å². The molecular weight excluding hydrogens is 440 g/mol. The second-order valence-electron chi connectivity index (χ2n) is 6.10. The smallest absolute Gasteiger partial charge is 0.342 e. The van der Waals surface area contributed by atoms with Crippen LogP contribution in [-0.2, 0) is 10.6 Å². The molecule has 1 aliphatic rings. The largest absolute Gasteiger partial charge is 0.417 e. The van der Waals surface area contributed by atoms with Gasteiger partial charge in [0.25, 0.3) is 5.88 Å². The van der Waals surface area contributed by atoms with Crippen LogP contribution < -0.4 is 9.57 Å². The van der Waals surface area contributed by atoms with E-state index in [4.69, 9.17) is 14.3 Å². The molecule has 0 saturated carbocycles. The number of benzene rings is 2. The van der Waals surface area contributed by atoms with Crippen molar-refractivity contribution >= 4 is 27.9 Å². The fourth-order valence-electron chi connectivity index (χ4n) is 2.81. The van der Waals surface area contributed by atoms with E-state index in [1.165, 1.54) is 6.21 Å². The molecule has 8 nitrogen and oxygen atoms in total. The molecule has 3 aromatic rings. The fraction of sp³-hybridized carbons (Fsp3) is 0.200. The minimum Gasteiger partial charge on any atom is -0.417 e. The number of carbonyl (C=O) groups is 1. The maximum atomic E-state index is 12.3. The molecule has 2 heterocycles. The number of aromatic nitrogens is 3. The van der Waals surface area contributed by atoms with Gasteiger partial charge < -0.3 is 14.3 Å². The summed E-state index contributed by atoms with van der Waals surface area (Å²) in [7, 11) is 0. The SMILES string of the molecule is CCOC1(c2ccccc2)N=Cc2c(nnn2OCC(=O)c2ccc(Br)cc2)O1. The molecule has 0 saturated heterocycles. The number of carbonyl (C=O) groups excluding carboxylic acids is 1. The molecule has 1 unspecified atom stereocenters. The monoisotopic (exact) mass is 456 g/mol. The van der Waals surface area contributed by atoms with Crippen LogP contribution >= 0.6 is 15.9 Å². The molecule has 0 aliphatic carbocycles. The van der Waals surface area contributed by atoms with Crippen LogP contribution in [0.2, 0.25) is 0 Å². The molecule has 4 rings (SSSR count). The summed E-state index contributed by atoms with van der Waals surface area (Å²) in [5.74, 6) is -1.33. The first-order chi connectivity index (χ1) is 14.1. The minimum absolute atomic E-state index is 0.191. The molecule has 0 spiro atoms. The third kappa shape index (κ3) is 3.92.